The van der Waals surface area contributed by atoms with Crippen LogP contribution in [-0.2, 0) is 6.42 Å². The van der Waals surface area contributed by atoms with Gasteiger partial charge in [-0.1, -0.05) is 32.6 Å². The van der Waals surface area contributed by atoms with E-state index in [1.807, 2.05) is 0 Å². The molecule has 0 amide bonds. The second-order valence-corrected chi connectivity index (χ2v) is 5.55. The van der Waals surface area contributed by atoms with Gasteiger partial charge in [-0.05, 0) is 13.3 Å². The van der Waals surface area contributed by atoms with Gasteiger partial charge in [0, 0.05) is 32.1 Å². The zero-order chi connectivity index (χ0) is 13.5. The zero-order valence-electron chi connectivity index (χ0n) is 12.3. The Morgan fingerprint density at radius 1 is 1.26 bits per heavy atom. The van der Waals surface area contributed by atoms with Crippen LogP contribution in [0.5, 0.6) is 0 Å². The van der Waals surface area contributed by atoms with E-state index in [0.717, 1.165) is 37.8 Å². The maximum atomic E-state index is 4.62. The third-order valence-electron chi connectivity index (χ3n) is 3.69. The number of anilines is 1. The van der Waals surface area contributed by atoms with Crippen LogP contribution in [0.4, 0.5) is 5.95 Å². The van der Waals surface area contributed by atoms with Gasteiger partial charge in [0.2, 0.25) is 5.95 Å². The standard InChI is InChI=1S/C14H27N5/c1-3-4-5-6-7-8-13-16-14(18-17-13)19-10-9-15-12(2)11-19/h12,15H,3-11H2,1-2H3,(H,16,17,18)/t12-/m0/s1. The number of hydrogen-bond donors (Lipinski definition) is 2. The summed E-state index contributed by atoms with van der Waals surface area (Å²) in [5.74, 6) is 1.91. The summed E-state index contributed by atoms with van der Waals surface area (Å²) in [5, 5.41) is 10.9. The third-order valence-corrected chi connectivity index (χ3v) is 3.69. The Bertz CT molecular complexity index is 362. The first kappa shape index (κ1) is 14.3. The molecule has 0 bridgehead atoms. The van der Waals surface area contributed by atoms with Crippen molar-refractivity contribution in [3.8, 4) is 0 Å². The van der Waals surface area contributed by atoms with Crippen molar-refractivity contribution >= 4 is 5.95 Å². The van der Waals surface area contributed by atoms with Gasteiger partial charge in [0.15, 0.2) is 0 Å². The van der Waals surface area contributed by atoms with Crippen molar-refractivity contribution in [1.82, 2.24) is 20.5 Å². The van der Waals surface area contributed by atoms with Crippen LogP contribution in [0.1, 0.15) is 51.8 Å². The maximum absolute atomic E-state index is 4.62. The molecule has 1 aromatic heterocycles. The number of hydrogen-bond acceptors (Lipinski definition) is 4. The summed E-state index contributed by atoms with van der Waals surface area (Å²) in [6, 6.07) is 0.518. The lowest BCUT2D eigenvalue weighted by Crippen LogP contribution is -2.49. The number of aromatic nitrogens is 3. The molecule has 1 atom stereocenters. The van der Waals surface area contributed by atoms with Gasteiger partial charge in [-0.2, -0.15) is 4.98 Å². The molecule has 1 aliphatic rings. The molecule has 1 saturated heterocycles. The molecule has 19 heavy (non-hydrogen) atoms. The lowest BCUT2D eigenvalue weighted by molar-refractivity contribution is 0.479. The van der Waals surface area contributed by atoms with Crippen molar-refractivity contribution in [2.75, 3.05) is 24.5 Å². The third kappa shape index (κ3) is 4.49. The molecule has 0 aliphatic carbocycles. The van der Waals surface area contributed by atoms with Crippen molar-refractivity contribution < 1.29 is 0 Å². The summed E-state index contributed by atoms with van der Waals surface area (Å²) in [4.78, 5) is 6.88. The van der Waals surface area contributed by atoms with Crippen LogP contribution >= 0.6 is 0 Å². The second kappa shape index (κ2) is 7.48. The minimum atomic E-state index is 0.518. The summed E-state index contributed by atoms with van der Waals surface area (Å²) in [6.45, 7) is 7.46. The molecule has 1 aliphatic heterocycles. The smallest absolute Gasteiger partial charge is 0.244 e. The molecule has 5 nitrogen and oxygen atoms in total. The summed E-state index contributed by atoms with van der Waals surface area (Å²) in [6.07, 6.45) is 7.53. The van der Waals surface area contributed by atoms with E-state index in [1.165, 1.54) is 32.1 Å². The van der Waals surface area contributed by atoms with Gasteiger partial charge in [0.05, 0.1) is 0 Å². The molecule has 2 rings (SSSR count). The van der Waals surface area contributed by atoms with Crippen LogP contribution < -0.4 is 10.2 Å². The Labute approximate surface area is 116 Å². The maximum Gasteiger partial charge on any atom is 0.244 e. The van der Waals surface area contributed by atoms with Crippen LogP contribution in [0.15, 0.2) is 0 Å². The second-order valence-electron chi connectivity index (χ2n) is 5.55. The predicted molar refractivity (Wildman–Crippen MR) is 78.5 cm³/mol. The van der Waals surface area contributed by atoms with Crippen LogP contribution in [-0.4, -0.2) is 40.9 Å². The first-order chi connectivity index (χ1) is 9.29. The highest BCUT2D eigenvalue weighted by Gasteiger charge is 2.18. The Hall–Kier alpha value is -1.10. The average molecular weight is 265 g/mol. The van der Waals surface area contributed by atoms with E-state index in [9.17, 15) is 0 Å². The molecule has 5 heteroatoms. The fourth-order valence-corrected chi connectivity index (χ4v) is 2.55. The Morgan fingerprint density at radius 2 is 2.11 bits per heavy atom. The molecular formula is C14H27N5. The molecule has 2 N–H and O–H groups in total. The molecule has 0 saturated carbocycles. The van der Waals surface area contributed by atoms with E-state index in [0.29, 0.717) is 6.04 Å². The normalized spacial score (nSPS) is 19.9. The Balaban J connectivity index is 1.75. The van der Waals surface area contributed by atoms with E-state index in [4.69, 9.17) is 0 Å². The minimum Gasteiger partial charge on any atom is -0.337 e. The molecule has 1 aromatic rings. The number of nitrogens with zero attached hydrogens (tertiary/aromatic N) is 3. The number of aromatic amines is 1. The molecule has 108 valence electrons. The lowest BCUT2D eigenvalue weighted by Gasteiger charge is -2.30. The number of aryl methyl sites for hydroxylation is 1. The van der Waals surface area contributed by atoms with Crippen molar-refractivity contribution in [2.24, 2.45) is 0 Å². The quantitative estimate of drug-likeness (QED) is 0.741. The van der Waals surface area contributed by atoms with Gasteiger partial charge in [0.25, 0.3) is 0 Å². The first-order valence-corrected chi connectivity index (χ1v) is 7.69. The van der Waals surface area contributed by atoms with Crippen molar-refractivity contribution in [3.05, 3.63) is 5.82 Å². The van der Waals surface area contributed by atoms with E-state index in [-0.39, 0.29) is 0 Å². The summed E-state index contributed by atoms with van der Waals surface area (Å²) < 4.78 is 0. The summed E-state index contributed by atoms with van der Waals surface area (Å²) in [7, 11) is 0. The SMILES string of the molecule is CCCCCCCc1nc(N2CCN[C@@H](C)C2)n[nH]1. The predicted octanol–water partition coefficient (Wildman–Crippen LogP) is 2.12. The molecule has 1 fully saturated rings. The largest absolute Gasteiger partial charge is 0.337 e. The topological polar surface area (TPSA) is 56.8 Å². The van der Waals surface area contributed by atoms with Crippen LogP contribution in [0.3, 0.4) is 0 Å². The van der Waals surface area contributed by atoms with Gasteiger partial charge < -0.3 is 10.2 Å². The van der Waals surface area contributed by atoms with Gasteiger partial charge in [-0.3, -0.25) is 5.10 Å². The Morgan fingerprint density at radius 3 is 2.89 bits per heavy atom. The Kier molecular flexibility index (Phi) is 5.63. The van der Waals surface area contributed by atoms with Gasteiger partial charge >= 0.3 is 0 Å². The van der Waals surface area contributed by atoms with E-state index >= 15 is 0 Å². The lowest BCUT2D eigenvalue weighted by atomic mass is 10.1. The molecule has 0 aromatic carbocycles. The highest BCUT2D eigenvalue weighted by Crippen LogP contribution is 2.12. The number of nitrogens with one attached hydrogen (secondary N) is 2. The molecular weight excluding hydrogens is 238 g/mol. The van der Waals surface area contributed by atoms with E-state index < -0.39 is 0 Å². The van der Waals surface area contributed by atoms with Crippen molar-refractivity contribution in [1.29, 1.82) is 0 Å². The number of H-pyrrole nitrogens is 1. The van der Waals surface area contributed by atoms with Crippen molar-refractivity contribution in [3.63, 3.8) is 0 Å². The molecule has 0 unspecified atom stereocenters. The van der Waals surface area contributed by atoms with E-state index in [1.54, 1.807) is 0 Å². The molecule has 0 spiro atoms. The van der Waals surface area contributed by atoms with Gasteiger partial charge in [-0.25, -0.2) is 0 Å². The first-order valence-electron chi connectivity index (χ1n) is 7.69. The fraction of sp³-hybridized carbons (Fsp3) is 0.857. The van der Waals surface area contributed by atoms with Gasteiger partial charge in [0.1, 0.15) is 5.82 Å². The number of piperazine rings is 1. The highest BCUT2D eigenvalue weighted by atomic mass is 15.4. The highest BCUT2D eigenvalue weighted by molar-refractivity contribution is 5.30. The van der Waals surface area contributed by atoms with E-state index in [2.05, 4.69) is 39.2 Å². The van der Waals surface area contributed by atoms with Crippen LogP contribution in [0, 0.1) is 0 Å². The molecule has 0 radical (unpaired) electrons. The number of rotatable bonds is 7. The van der Waals surface area contributed by atoms with Gasteiger partial charge in [-0.15, -0.1) is 5.10 Å². The molecule has 2 heterocycles. The van der Waals surface area contributed by atoms with Crippen LogP contribution in [0.2, 0.25) is 0 Å². The van der Waals surface area contributed by atoms with Crippen LogP contribution in [0.25, 0.3) is 0 Å². The fourth-order valence-electron chi connectivity index (χ4n) is 2.55. The monoisotopic (exact) mass is 265 g/mol. The average Bonchev–Trinajstić information content (AvgIpc) is 2.87. The van der Waals surface area contributed by atoms with Crippen molar-refractivity contribution in [2.45, 2.75) is 58.4 Å². The minimum absolute atomic E-state index is 0.518. The zero-order valence-corrected chi connectivity index (χ0v) is 12.3. The number of unbranched alkanes of at least 4 members (excludes halogenated alkanes) is 4. The summed E-state index contributed by atoms with van der Waals surface area (Å²) in [5.41, 5.74) is 0. The summed E-state index contributed by atoms with van der Waals surface area (Å²) >= 11 is 0.